The second-order valence-electron chi connectivity index (χ2n) is 11.3. The van der Waals surface area contributed by atoms with E-state index in [1.165, 1.54) is 81.4 Å². The van der Waals surface area contributed by atoms with Crippen LogP contribution in [0.4, 0.5) is 0 Å². The van der Waals surface area contributed by atoms with Crippen LogP contribution in [0.2, 0.25) is 0 Å². The molecule has 0 fully saturated rings. The fourth-order valence-electron chi connectivity index (χ4n) is 6.46. The molecule has 0 spiro atoms. The Morgan fingerprint density at radius 3 is 1.34 bits per heavy atom. The molecular formula is C43H30S. The molecule has 0 aliphatic carbocycles. The molecule has 0 bridgehead atoms. The third-order valence-corrected chi connectivity index (χ3v) is 9.83. The molecule has 0 atom stereocenters. The van der Waals surface area contributed by atoms with Gasteiger partial charge >= 0.3 is 0 Å². The summed E-state index contributed by atoms with van der Waals surface area (Å²) in [5.74, 6) is 0. The zero-order valence-corrected chi connectivity index (χ0v) is 25.3. The van der Waals surface area contributed by atoms with Crippen LogP contribution in [0.15, 0.2) is 164 Å². The van der Waals surface area contributed by atoms with Gasteiger partial charge in [0.25, 0.3) is 0 Å². The van der Waals surface area contributed by atoms with Crippen molar-refractivity contribution >= 4 is 32.2 Å². The van der Waals surface area contributed by atoms with E-state index in [0.717, 1.165) is 0 Å². The van der Waals surface area contributed by atoms with Crippen molar-refractivity contribution in [2.24, 2.45) is 0 Å². The van der Waals surface area contributed by atoms with Gasteiger partial charge in [0.2, 0.25) is 0 Å². The lowest BCUT2D eigenvalue weighted by Gasteiger charge is -2.17. The monoisotopic (exact) mass is 578 g/mol. The normalized spacial score (nSPS) is 11.3. The minimum atomic E-state index is 1.23. The highest BCUT2D eigenvalue weighted by molar-refractivity contribution is 7.24. The summed E-state index contributed by atoms with van der Waals surface area (Å²) in [6, 6.07) is 59.6. The zero-order valence-electron chi connectivity index (χ0n) is 24.5. The minimum absolute atomic E-state index is 1.23. The fraction of sp³-hybridized carbons (Fsp3) is 0.0233. The van der Waals surface area contributed by atoms with Crippen LogP contribution in [-0.2, 0) is 0 Å². The molecule has 1 heteroatoms. The molecule has 0 saturated heterocycles. The van der Waals surface area contributed by atoms with Gasteiger partial charge in [-0.15, -0.1) is 11.3 Å². The molecule has 0 nitrogen and oxygen atoms in total. The predicted octanol–water partition coefficient (Wildman–Crippen LogP) is 12.7. The topological polar surface area (TPSA) is 0 Å². The second-order valence-corrected chi connectivity index (χ2v) is 12.4. The van der Waals surface area contributed by atoms with Crippen LogP contribution >= 0.6 is 11.3 Å². The van der Waals surface area contributed by atoms with Crippen molar-refractivity contribution in [3.8, 4) is 54.9 Å². The van der Waals surface area contributed by atoms with Crippen LogP contribution in [0.1, 0.15) is 5.56 Å². The van der Waals surface area contributed by atoms with Crippen LogP contribution < -0.4 is 0 Å². The van der Waals surface area contributed by atoms with E-state index in [1.54, 1.807) is 0 Å². The molecule has 0 unspecified atom stereocenters. The van der Waals surface area contributed by atoms with Crippen molar-refractivity contribution in [2.75, 3.05) is 0 Å². The van der Waals surface area contributed by atoms with E-state index >= 15 is 0 Å². The summed E-state index contributed by atoms with van der Waals surface area (Å²) in [7, 11) is 0. The summed E-state index contributed by atoms with van der Waals surface area (Å²) in [5.41, 5.74) is 12.6. The molecule has 1 heterocycles. The first kappa shape index (κ1) is 26.4. The SMILES string of the molecule is Cc1ccc(-c2ccc(-c3sc4c(-c5ccccc5)c(-c5ccccc5)c5ccccc5c4c3-c3ccccc3)cc2)cc1. The van der Waals surface area contributed by atoms with E-state index in [4.69, 9.17) is 0 Å². The van der Waals surface area contributed by atoms with Crippen molar-refractivity contribution in [2.45, 2.75) is 6.92 Å². The molecule has 1 aromatic heterocycles. The number of aryl methyl sites for hydroxylation is 1. The van der Waals surface area contributed by atoms with Gasteiger partial charge in [0.15, 0.2) is 0 Å². The summed E-state index contributed by atoms with van der Waals surface area (Å²) >= 11 is 1.92. The molecular weight excluding hydrogens is 549 g/mol. The van der Waals surface area contributed by atoms with Gasteiger partial charge < -0.3 is 0 Å². The predicted molar refractivity (Wildman–Crippen MR) is 191 cm³/mol. The Balaban J connectivity index is 1.49. The van der Waals surface area contributed by atoms with Crippen LogP contribution in [0.3, 0.4) is 0 Å². The molecule has 7 aromatic carbocycles. The van der Waals surface area contributed by atoms with Crippen molar-refractivity contribution in [1.29, 1.82) is 0 Å². The van der Waals surface area contributed by atoms with Crippen LogP contribution in [0.5, 0.6) is 0 Å². The number of fused-ring (bicyclic) bond motifs is 3. The first-order valence-electron chi connectivity index (χ1n) is 15.1. The molecule has 0 amide bonds. The van der Waals surface area contributed by atoms with Crippen molar-refractivity contribution in [1.82, 2.24) is 0 Å². The standard InChI is InChI=1S/C43H30S/c1-29-21-23-30(24-22-29)31-25-27-35(28-26-31)42-40(34-17-9-4-10-18-34)41-37-20-12-11-19-36(37)38(32-13-5-2-6-14-32)39(43(41)44-42)33-15-7-3-8-16-33/h2-28H,1H3. The summed E-state index contributed by atoms with van der Waals surface area (Å²) in [6.07, 6.45) is 0. The Morgan fingerprint density at radius 1 is 0.341 bits per heavy atom. The van der Waals surface area contributed by atoms with E-state index < -0.39 is 0 Å². The third-order valence-electron chi connectivity index (χ3n) is 8.57. The summed E-state index contributed by atoms with van der Waals surface area (Å²) < 4.78 is 1.32. The molecule has 208 valence electrons. The van der Waals surface area contributed by atoms with Gasteiger partial charge in [-0.1, -0.05) is 169 Å². The summed E-state index contributed by atoms with van der Waals surface area (Å²) in [5, 5.41) is 3.90. The van der Waals surface area contributed by atoms with Crippen LogP contribution in [0, 0.1) is 6.92 Å². The number of rotatable bonds is 5. The van der Waals surface area contributed by atoms with E-state index in [1.807, 2.05) is 11.3 Å². The van der Waals surface area contributed by atoms with Crippen LogP contribution in [-0.4, -0.2) is 0 Å². The lowest BCUT2D eigenvalue weighted by molar-refractivity contribution is 1.47. The maximum Gasteiger partial charge on any atom is 0.0446 e. The number of thiophene rings is 1. The van der Waals surface area contributed by atoms with Crippen molar-refractivity contribution in [3.05, 3.63) is 169 Å². The molecule has 8 aromatic rings. The molecule has 0 N–H and O–H groups in total. The first-order valence-corrected chi connectivity index (χ1v) is 15.9. The van der Waals surface area contributed by atoms with Gasteiger partial charge in [0.1, 0.15) is 0 Å². The van der Waals surface area contributed by atoms with E-state index in [2.05, 4.69) is 171 Å². The highest BCUT2D eigenvalue weighted by Crippen LogP contribution is 2.54. The highest BCUT2D eigenvalue weighted by atomic mass is 32.1. The van der Waals surface area contributed by atoms with E-state index in [9.17, 15) is 0 Å². The number of hydrogen-bond acceptors (Lipinski definition) is 1. The van der Waals surface area contributed by atoms with E-state index in [0.29, 0.717) is 0 Å². The quantitative estimate of drug-likeness (QED) is 0.191. The average Bonchev–Trinajstić information content (AvgIpc) is 3.50. The fourth-order valence-corrected chi connectivity index (χ4v) is 7.88. The molecule has 44 heavy (non-hydrogen) atoms. The molecule has 0 aliphatic rings. The Morgan fingerprint density at radius 2 is 0.773 bits per heavy atom. The maximum atomic E-state index is 2.31. The Labute approximate surface area is 262 Å². The van der Waals surface area contributed by atoms with Crippen molar-refractivity contribution < 1.29 is 0 Å². The number of hydrogen-bond donors (Lipinski definition) is 0. The summed E-state index contributed by atoms with van der Waals surface area (Å²) in [6.45, 7) is 2.13. The summed E-state index contributed by atoms with van der Waals surface area (Å²) in [4.78, 5) is 1.30. The third kappa shape index (κ3) is 4.54. The van der Waals surface area contributed by atoms with Crippen molar-refractivity contribution in [3.63, 3.8) is 0 Å². The van der Waals surface area contributed by atoms with Gasteiger partial charge in [0, 0.05) is 26.1 Å². The lowest BCUT2D eigenvalue weighted by atomic mass is 9.86. The Hall–Kier alpha value is -5.24. The highest BCUT2D eigenvalue weighted by Gasteiger charge is 2.24. The Kier molecular flexibility index (Phi) is 6.67. The van der Waals surface area contributed by atoms with E-state index in [-0.39, 0.29) is 0 Å². The first-order chi connectivity index (χ1) is 21.8. The number of benzene rings is 7. The average molecular weight is 579 g/mol. The van der Waals surface area contributed by atoms with Gasteiger partial charge in [-0.25, -0.2) is 0 Å². The van der Waals surface area contributed by atoms with Gasteiger partial charge in [-0.3, -0.25) is 0 Å². The molecule has 0 radical (unpaired) electrons. The Bertz CT molecular complexity index is 2220. The zero-order chi connectivity index (χ0) is 29.5. The van der Waals surface area contributed by atoms with Crippen LogP contribution in [0.25, 0.3) is 75.8 Å². The lowest BCUT2D eigenvalue weighted by Crippen LogP contribution is -1.90. The van der Waals surface area contributed by atoms with Gasteiger partial charge in [-0.05, 0) is 56.6 Å². The minimum Gasteiger partial charge on any atom is -0.134 e. The molecule has 8 rings (SSSR count). The molecule has 0 aliphatic heterocycles. The van der Waals surface area contributed by atoms with Gasteiger partial charge in [-0.2, -0.15) is 0 Å². The maximum absolute atomic E-state index is 2.31. The van der Waals surface area contributed by atoms with Gasteiger partial charge in [0.05, 0.1) is 0 Å². The smallest absolute Gasteiger partial charge is 0.0446 e. The molecule has 0 saturated carbocycles. The largest absolute Gasteiger partial charge is 0.134 e. The second kappa shape index (κ2) is 11.1.